The molecule has 12 heteroatoms. The van der Waals surface area contributed by atoms with Crippen LogP contribution in [0.25, 0.3) is 22.0 Å². The van der Waals surface area contributed by atoms with Crippen LogP contribution >= 0.6 is 0 Å². The summed E-state index contributed by atoms with van der Waals surface area (Å²) >= 11 is 0. The van der Waals surface area contributed by atoms with Gasteiger partial charge in [0.15, 0.2) is 11.6 Å². The summed E-state index contributed by atoms with van der Waals surface area (Å²) in [6.45, 7) is 2.65. The standard InChI is InChI=1S/C29H32F4N6O2/c1-40-21-9-19(18-5-6-20(31)25(34)23(18)32)24(33)26-22(21)27(38-12-16-3-4-17(13-38)35-16)37-28(36-26)41-14-29-7-2-8-39(29)11-15(30)10-29/h5-6,9,15-17,35H,2-4,7-8,10-14,34H2,1H3/t15-,16-,17+,29+/m1/s1. The van der Waals surface area contributed by atoms with Crippen LogP contribution in [0.2, 0.25) is 0 Å². The van der Waals surface area contributed by atoms with E-state index in [2.05, 4.69) is 20.1 Å². The molecule has 4 atom stereocenters. The van der Waals surface area contributed by atoms with Crippen molar-refractivity contribution in [2.24, 2.45) is 0 Å². The highest BCUT2D eigenvalue weighted by atomic mass is 19.1. The number of rotatable bonds is 6. The first kappa shape index (κ1) is 26.5. The maximum absolute atomic E-state index is 16.4. The number of hydrogen-bond acceptors (Lipinski definition) is 8. The highest BCUT2D eigenvalue weighted by Crippen LogP contribution is 2.44. The van der Waals surface area contributed by atoms with Gasteiger partial charge < -0.3 is 25.4 Å². The van der Waals surface area contributed by atoms with Gasteiger partial charge in [-0.15, -0.1) is 0 Å². The van der Waals surface area contributed by atoms with E-state index in [4.69, 9.17) is 20.2 Å². The van der Waals surface area contributed by atoms with Crippen LogP contribution in [0.15, 0.2) is 18.2 Å². The molecule has 3 aromatic rings. The SMILES string of the molecule is COc1cc(-c2ccc(F)c(N)c2F)c(F)c2nc(OC[C@@]34CCCN3C[C@H](F)C4)nc(N3C[C@H]4CC[C@@H](C3)N4)c12. The van der Waals surface area contributed by atoms with E-state index in [0.717, 1.165) is 44.4 Å². The molecule has 0 unspecified atom stereocenters. The summed E-state index contributed by atoms with van der Waals surface area (Å²) in [5, 5.41) is 3.92. The molecule has 4 saturated heterocycles. The van der Waals surface area contributed by atoms with Crippen LogP contribution in [-0.2, 0) is 0 Å². The summed E-state index contributed by atoms with van der Waals surface area (Å²) in [4.78, 5) is 13.4. The van der Waals surface area contributed by atoms with Crippen molar-refractivity contribution in [3.63, 3.8) is 0 Å². The predicted molar refractivity (Wildman–Crippen MR) is 147 cm³/mol. The van der Waals surface area contributed by atoms with E-state index in [0.29, 0.717) is 37.3 Å². The number of fused-ring (bicyclic) bond motifs is 4. The predicted octanol–water partition coefficient (Wildman–Crippen LogP) is 4.20. The van der Waals surface area contributed by atoms with Crippen molar-refractivity contribution in [1.29, 1.82) is 0 Å². The molecule has 4 aliphatic rings. The van der Waals surface area contributed by atoms with Crippen LogP contribution in [0.4, 0.5) is 29.1 Å². The lowest BCUT2D eigenvalue weighted by Gasteiger charge is -2.35. The molecule has 0 radical (unpaired) electrons. The molecule has 4 fully saturated rings. The molecule has 3 N–H and O–H groups in total. The van der Waals surface area contributed by atoms with E-state index in [1.165, 1.54) is 13.2 Å². The largest absolute Gasteiger partial charge is 0.496 e. The molecule has 41 heavy (non-hydrogen) atoms. The van der Waals surface area contributed by atoms with Gasteiger partial charge in [-0.25, -0.2) is 17.6 Å². The minimum atomic E-state index is -1.07. The first-order chi connectivity index (χ1) is 19.8. The molecule has 0 saturated carbocycles. The summed E-state index contributed by atoms with van der Waals surface area (Å²) < 4.78 is 71.6. The Hall–Kier alpha value is -3.38. The molecule has 0 spiro atoms. The van der Waals surface area contributed by atoms with Crippen LogP contribution in [0.5, 0.6) is 11.8 Å². The van der Waals surface area contributed by atoms with E-state index in [1.54, 1.807) is 0 Å². The lowest BCUT2D eigenvalue weighted by atomic mass is 9.95. The second-order valence-corrected chi connectivity index (χ2v) is 11.7. The van der Waals surface area contributed by atoms with Gasteiger partial charge in [-0.2, -0.15) is 9.97 Å². The Morgan fingerprint density at radius 1 is 1.07 bits per heavy atom. The number of alkyl halides is 1. The third-order valence-electron chi connectivity index (χ3n) is 9.22. The van der Waals surface area contributed by atoms with Crippen LogP contribution in [0, 0.1) is 17.5 Å². The van der Waals surface area contributed by atoms with Gasteiger partial charge in [0.25, 0.3) is 0 Å². The van der Waals surface area contributed by atoms with Crippen LogP contribution in [0.3, 0.4) is 0 Å². The van der Waals surface area contributed by atoms with Crippen molar-refractivity contribution in [1.82, 2.24) is 20.2 Å². The van der Waals surface area contributed by atoms with Gasteiger partial charge in [0.05, 0.1) is 18.0 Å². The van der Waals surface area contributed by atoms with Gasteiger partial charge >= 0.3 is 6.01 Å². The maximum atomic E-state index is 16.4. The molecule has 0 aliphatic carbocycles. The quantitative estimate of drug-likeness (QED) is 0.336. The van der Waals surface area contributed by atoms with Gasteiger partial charge in [0.1, 0.15) is 41.4 Å². The lowest BCUT2D eigenvalue weighted by molar-refractivity contribution is 0.107. The van der Waals surface area contributed by atoms with Gasteiger partial charge in [-0.1, -0.05) is 0 Å². The minimum Gasteiger partial charge on any atom is -0.496 e. The van der Waals surface area contributed by atoms with Crippen LogP contribution < -0.4 is 25.4 Å². The summed E-state index contributed by atoms with van der Waals surface area (Å²) in [5.41, 5.74) is 3.94. The maximum Gasteiger partial charge on any atom is 0.319 e. The van der Waals surface area contributed by atoms with Crippen molar-refractivity contribution in [2.45, 2.75) is 55.9 Å². The summed E-state index contributed by atoms with van der Waals surface area (Å²) in [5.74, 6) is -2.14. The van der Waals surface area contributed by atoms with E-state index in [1.807, 2.05) is 0 Å². The Kier molecular flexibility index (Phi) is 6.38. The third kappa shape index (κ3) is 4.34. The Bertz CT molecular complexity index is 1510. The number of methoxy groups -OCH3 is 1. The molecule has 4 aliphatic heterocycles. The summed E-state index contributed by atoms with van der Waals surface area (Å²) in [7, 11) is 1.43. The molecule has 5 heterocycles. The second-order valence-electron chi connectivity index (χ2n) is 11.7. The molecule has 8 nitrogen and oxygen atoms in total. The highest BCUT2D eigenvalue weighted by Gasteiger charge is 2.49. The van der Waals surface area contributed by atoms with Gasteiger partial charge in [0, 0.05) is 49.3 Å². The van der Waals surface area contributed by atoms with Crippen LogP contribution in [0.1, 0.15) is 32.1 Å². The van der Waals surface area contributed by atoms with Crippen molar-refractivity contribution < 1.29 is 27.0 Å². The summed E-state index contributed by atoms with van der Waals surface area (Å²) in [6, 6.07) is 3.99. The lowest BCUT2D eigenvalue weighted by Crippen LogP contribution is -2.51. The Balaban J connectivity index is 1.37. The number of aromatic nitrogens is 2. The number of piperazine rings is 1. The minimum absolute atomic E-state index is 0.0425. The fourth-order valence-corrected chi connectivity index (χ4v) is 7.25. The zero-order valence-electron chi connectivity index (χ0n) is 22.7. The van der Waals surface area contributed by atoms with E-state index in [-0.39, 0.29) is 47.1 Å². The molecular weight excluding hydrogens is 540 g/mol. The number of anilines is 2. The number of nitrogens with zero attached hydrogens (tertiary/aromatic N) is 4. The fourth-order valence-electron chi connectivity index (χ4n) is 7.25. The number of benzene rings is 2. The van der Waals surface area contributed by atoms with Crippen LogP contribution in [-0.4, -0.2) is 78.6 Å². The number of nitrogen functional groups attached to an aromatic ring is 1. The van der Waals surface area contributed by atoms with Crippen molar-refractivity contribution in [3.05, 3.63) is 35.7 Å². The zero-order valence-corrected chi connectivity index (χ0v) is 22.7. The second kappa shape index (κ2) is 9.87. The average molecular weight is 573 g/mol. The molecule has 218 valence electrons. The monoisotopic (exact) mass is 572 g/mol. The number of nitrogens with one attached hydrogen (secondary N) is 1. The van der Waals surface area contributed by atoms with Crippen molar-refractivity contribution >= 4 is 22.4 Å². The Labute approximate surface area is 234 Å². The molecule has 7 rings (SSSR count). The topological polar surface area (TPSA) is 88.8 Å². The molecule has 1 aromatic heterocycles. The average Bonchev–Trinajstić information content (AvgIpc) is 3.61. The summed E-state index contributed by atoms with van der Waals surface area (Å²) in [6.07, 6.45) is 3.24. The van der Waals surface area contributed by atoms with Crippen molar-refractivity contribution in [3.8, 4) is 22.9 Å². The Morgan fingerprint density at radius 3 is 2.61 bits per heavy atom. The molecular formula is C29H32F4N6O2. The normalized spacial score (nSPS) is 27.5. The number of nitrogens with two attached hydrogens (primary N) is 1. The van der Waals surface area contributed by atoms with E-state index < -0.39 is 34.8 Å². The first-order valence-electron chi connectivity index (χ1n) is 14.1. The molecule has 2 bridgehead atoms. The van der Waals surface area contributed by atoms with Gasteiger partial charge in [-0.3, -0.25) is 4.90 Å². The smallest absolute Gasteiger partial charge is 0.319 e. The van der Waals surface area contributed by atoms with Crippen molar-refractivity contribution in [2.75, 3.05) is 50.5 Å². The number of hydrogen-bond donors (Lipinski definition) is 2. The molecule has 0 amide bonds. The Morgan fingerprint density at radius 2 is 1.85 bits per heavy atom. The first-order valence-corrected chi connectivity index (χ1v) is 14.1. The number of ether oxygens (including phenoxy) is 2. The molecule has 2 aromatic carbocycles. The highest BCUT2D eigenvalue weighted by molar-refractivity contribution is 5.99. The number of halogens is 4. The third-order valence-corrected chi connectivity index (χ3v) is 9.22. The zero-order chi connectivity index (χ0) is 28.5. The van der Waals surface area contributed by atoms with Gasteiger partial charge in [0.2, 0.25) is 0 Å². The van der Waals surface area contributed by atoms with Gasteiger partial charge in [-0.05, 0) is 50.4 Å². The van der Waals surface area contributed by atoms with E-state index in [9.17, 15) is 8.78 Å². The van der Waals surface area contributed by atoms with E-state index >= 15 is 8.78 Å². The fraction of sp³-hybridized carbons (Fsp3) is 0.517.